The molecular weight excluding hydrogens is 226 g/mol. The van der Waals surface area contributed by atoms with E-state index < -0.39 is 0 Å². The molecule has 0 spiro atoms. The van der Waals surface area contributed by atoms with Crippen molar-refractivity contribution in [3.05, 3.63) is 22.2 Å². The molecule has 1 heterocycles. The molecule has 0 aliphatic carbocycles. The van der Waals surface area contributed by atoms with Gasteiger partial charge in [0.05, 0.1) is 4.92 Å². The Kier molecular flexibility index (Phi) is 5.04. The molecule has 0 atom stereocenters. The molecule has 0 amide bonds. The summed E-state index contributed by atoms with van der Waals surface area (Å²) in [6.07, 6.45) is 0.967. The maximum atomic E-state index is 10.8. The number of rotatable bonds is 6. The third kappa shape index (κ3) is 3.37. The van der Waals surface area contributed by atoms with E-state index in [4.69, 9.17) is 0 Å². The zero-order valence-corrected chi connectivity index (χ0v) is 10.2. The summed E-state index contributed by atoms with van der Waals surface area (Å²) in [7, 11) is 0. The van der Waals surface area contributed by atoms with Gasteiger partial charge in [-0.1, -0.05) is 18.7 Å². The summed E-state index contributed by atoms with van der Waals surface area (Å²) in [6, 6.07) is 3.14. The molecule has 1 N–H and O–H groups in total. The molecule has 0 fully saturated rings. The molecule has 1 aromatic rings. The van der Waals surface area contributed by atoms with Crippen molar-refractivity contribution in [2.24, 2.45) is 0 Å². The minimum Gasteiger partial charge on any atom is -0.370 e. The zero-order valence-electron chi connectivity index (χ0n) is 9.40. The van der Waals surface area contributed by atoms with Crippen LogP contribution >= 0.6 is 11.8 Å². The SMILES string of the molecule is CCCSc1nc(NCC)ccc1[N+](=O)[O-]. The molecule has 0 aliphatic heterocycles. The van der Waals surface area contributed by atoms with Gasteiger partial charge in [-0.05, 0) is 25.2 Å². The fourth-order valence-corrected chi connectivity index (χ4v) is 2.01. The minimum absolute atomic E-state index is 0.0834. The first kappa shape index (κ1) is 12.8. The highest BCUT2D eigenvalue weighted by Gasteiger charge is 2.15. The number of hydrogen-bond acceptors (Lipinski definition) is 5. The summed E-state index contributed by atoms with van der Waals surface area (Å²) < 4.78 is 0. The summed E-state index contributed by atoms with van der Waals surface area (Å²) >= 11 is 1.42. The van der Waals surface area contributed by atoms with Gasteiger partial charge in [0.25, 0.3) is 0 Å². The lowest BCUT2D eigenvalue weighted by Crippen LogP contribution is -2.01. The Bertz CT molecular complexity index is 371. The van der Waals surface area contributed by atoms with Gasteiger partial charge in [-0.3, -0.25) is 10.1 Å². The molecule has 0 bridgehead atoms. The van der Waals surface area contributed by atoms with E-state index in [1.165, 1.54) is 17.8 Å². The Morgan fingerprint density at radius 3 is 2.81 bits per heavy atom. The molecule has 0 unspecified atom stereocenters. The van der Waals surface area contributed by atoms with E-state index in [1.54, 1.807) is 6.07 Å². The second-order valence-corrected chi connectivity index (χ2v) is 4.24. The van der Waals surface area contributed by atoms with Gasteiger partial charge in [0.15, 0.2) is 5.03 Å². The Balaban J connectivity index is 2.95. The van der Waals surface area contributed by atoms with Crippen LogP contribution in [0.5, 0.6) is 0 Å². The lowest BCUT2D eigenvalue weighted by Gasteiger charge is -2.05. The second-order valence-electron chi connectivity index (χ2n) is 3.16. The third-order valence-corrected chi connectivity index (χ3v) is 3.02. The predicted octanol–water partition coefficient (Wildman–Crippen LogP) is 2.92. The topological polar surface area (TPSA) is 68.1 Å². The summed E-state index contributed by atoms with van der Waals surface area (Å²) in [4.78, 5) is 14.6. The number of nitro groups is 1. The van der Waals surface area contributed by atoms with Crippen LogP contribution in [0, 0.1) is 10.1 Å². The number of nitrogens with zero attached hydrogens (tertiary/aromatic N) is 2. The molecule has 5 nitrogen and oxygen atoms in total. The Morgan fingerprint density at radius 2 is 2.25 bits per heavy atom. The van der Waals surface area contributed by atoms with Crippen LogP contribution in [0.25, 0.3) is 0 Å². The highest BCUT2D eigenvalue weighted by Crippen LogP contribution is 2.28. The quantitative estimate of drug-likeness (QED) is 0.471. The largest absolute Gasteiger partial charge is 0.370 e. The van der Waals surface area contributed by atoms with Gasteiger partial charge in [0.1, 0.15) is 5.82 Å². The first-order valence-electron chi connectivity index (χ1n) is 5.21. The summed E-state index contributed by atoms with van der Waals surface area (Å²) in [5, 5.41) is 14.3. The molecule has 0 aromatic carbocycles. The fourth-order valence-electron chi connectivity index (χ4n) is 1.16. The first-order valence-corrected chi connectivity index (χ1v) is 6.19. The number of aromatic nitrogens is 1. The number of thioether (sulfide) groups is 1. The average Bonchev–Trinajstić information content (AvgIpc) is 2.26. The second kappa shape index (κ2) is 6.32. The standard InChI is InChI=1S/C10H15N3O2S/c1-3-7-16-10-8(13(14)15)5-6-9(12-10)11-4-2/h5-6H,3-4,7H2,1-2H3,(H,11,12). The monoisotopic (exact) mass is 241 g/mol. The molecule has 1 aromatic heterocycles. The summed E-state index contributed by atoms with van der Waals surface area (Å²) in [5.41, 5.74) is 0.0834. The number of nitrogens with one attached hydrogen (secondary N) is 1. The maximum Gasteiger partial charge on any atom is 0.301 e. The van der Waals surface area contributed by atoms with Crippen LogP contribution in [0.15, 0.2) is 17.2 Å². The van der Waals surface area contributed by atoms with Crippen molar-refractivity contribution in [3.8, 4) is 0 Å². The van der Waals surface area contributed by atoms with Crippen molar-refractivity contribution in [2.45, 2.75) is 25.3 Å². The zero-order chi connectivity index (χ0) is 12.0. The minimum atomic E-state index is -0.388. The smallest absolute Gasteiger partial charge is 0.301 e. The van der Waals surface area contributed by atoms with Crippen molar-refractivity contribution in [1.82, 2.24) is 4.98 Å². The van der Waals surface area contributed by atoms with E-state index >= 15 is 0 Å². The van der Waals surface area contributed by atoms with Gasteiger partial charge in [-0.15, -0.1) is 0 Å². The lowest BCUT2D eigenvalue weighted by molar-refractivity contribution is -0.388. The van der Waals surface area contributed by atoms with E-state index in [-0.39, 0.29) is 10.6 Å². The highest BCUT2D eigenvalue weighted by molar-refractivity contribution is 7.99. The summed E-state index contributed by atoms with van der Waals surface area (Å²) in [6.45, 7) is 4.75. The van der Waals surface area contributed by atoms with Crippen molar-refractivity contribution >= 4 is 23.3 Å². The molecule has 0 aliphatic rings. The van der Waals surface area contributed by atoms with Crippen LogP contribution < -0.4 is 5.32 Å². The van der Waals surface area contributed by atoms with Crippen LogP contribution in [0.2, 0.25) is 0 Å². The maximum absolute atomic E-state index is 10.8. The van der Waals surface area contributed by atoms with Crippen LogP contribution in [0.3, 0.4) is 0 Å². The van der Waals surface area contributed by atoms with Gasteiger partial charge in [0.2, 0.25) is 0 Å². The molecule has 16 heavy (non-hydrogen) atoms. The predicted molar refractivity (Wildman–Crippen MR) is 66.1 cm³/mol. The number of anilines is 1. The van der Waals surface area contributed by atoms with Crippen LogP contribution in [-0.4, -0.2) is 22.2 Å². The van der Waals surface area contributed by atoms with Gasteiger partial charge in [-0.25, -0.2) is 4.98 Å². The third-order valence-electron chi connectivity index (χ3n) is 1.84. The van der Waals surface area contributed by atoms with E-state index in [1.807, 2.05) is 13.8 Å². The van der Waals surface area contributed by atoms with Crippen LogP contribution in [-0.2, 0) is 0 Å². The van der Waals surface area contributed by atoms with Gasteiger partial charge >= 0.3 is 5.69 Å². The van der Waals surface area contributed by atoms with Gasteiger partial charge in [0, 0.05) is 12.6 Å². The summed E-state index contributed by atoms with van der Waals surface area (Å²) in [5.74, 6) is 1.52. The molecule has 0 radical (unpaired) electrons. The number of hydrogen-bond donors (Lipinski definition) is 1. The normalized spacial score (nSPS) is 10.1. The van der Waals surface area contributed by atoms with E-state index in [0.29, 0.717) is 10.8 Å². The van der Waals surface area contributed by atoms with Crippen molar-refractivity contribution < 1.29 is 4.92 Å². The van der Waals surface area contributed by atoms with Gasteiger partial charge < -0.3 is 5.32 Å². The van der Waals surface area contributed by atoms with Crippen molar-refractivity contribution in [2.75, 3.05) is 17.6 Å². The van der Waals surface area contributed by atoms with Crippen LogP contribution in [0.4, 0.5) is 11.5 Å². The fraction of sp³-hybridized carbons (Fsp3) is 0.500. The number of pyridine rings is 1. The van der Waals surface area contributed by atoms with Gasteiger partial charge in [-0.2, -0.15) is 0 Å². The van der Waals surface area contributed by atoms with E-state index in [0.717, 1.165) is 18.7 Å². The molecule has 88 valence electrons. The van der Waals surface area contributed by atoms with Crippen molar-refractivity contribution in [3.63, 3.8) is 0 Å². The molecule has 0 saturated carbocycles. The Labute approximate surface area is 98.8 Å². The van der Waals surface area contributed by atoms with E-state index in [9.17, 15) is 10.1 Å². The molecular formula is C10H15N3O2S. The molecule has 1 rings (SSSR count). The van der Waals surface area contributed by atoms with E-state index in [2.05, 4.69) is 10.3 Å². The Morgan fingerprint density at radius 1 is 1.50 bits per heavy atom. The molecule has 0 saturated heterocycles. The first-order chi connectivity index (χ1) is 7.69. The molecule has 6 heteroatoms. The lowest BCUT2D eigenvalue weighted by atomic mass is 10.4. The average molecular weight is 241 g/mol. The van der Waals surface area contributed by atoms with Crippen LogP contribution in [0.1, 0.15) is 20.3 Å². The van der Waals surface area contributed by atoms with Crippen molar-refractivity contribution in [1.29, 1.82) is 0 Å². The Hall–Kier alpha value is -1.30. The highest BCUT2D eigenvalue weighted by atomic mass is 32.2.